The first-order chi connectivity index (χ1) is 9.01. The average molecular weight is 281 g/mol. The number of nitrogens with two attached hydrogens (primary N) is 1. The summed E-state index contributed by atoms with van der Waals surface area (Å²) in [6.45, 7) is 1.97. The third-order valence-electron chi connectivity index (χ3n) is 3.92. The molecule has 1 amide bonds. The van der Waals surface area contributed by atoms with Crippen molar-refractivity contribution in [2.75, 3.05) is 0 Å². The molecule has 0 bridgehead atoms. The Labute approximate surface area is 119 Å². The van der Waals surface area contributed by atoms with Gasteiger partial charge in [-0.25, -0.2) is 0 Å². The predicted octanol–water partition coefficient (Wildman–Crippen LogP) is 3.18. The van der Waals surface area contributed by atoms with Gasteiger partial charge < -0.3 is 11.1 Å². The second kappa shape index (κ2) is 5.93. The van der Waals surface area contributed by atoms with Gasteiger partial charge in [-0.15, -0.1) is 0 Å². The Kier molecular flexibility index (Phi) is 4.48. The topological polar surface area (TPSA) is 55.1 Å². The molecule has 1 aromatic rings. The summed E-state index contributed by atoms with van der Waals surface area (Å²) in [7, 11) is 0. The summed E-state index contributed by atoms with van der Waals surface area (Å²) in [5.74, 6) is -0.0327. The molecule has 0 aromatic heterocycles. The second-order valence-electron chi connectivity index (χ2n) is 5.46. The summed E-state index contributed by atoms with van der Waals surface area (Å²) < 4.78 is 0. The number of hydrogen-bond donors (Lipinski definition) is 2. The first kappa shape index (κ1) is 14.4. The fourth-order valence-electron chi connectivity index (χ4n) is 2.58. The van der Waals surface area contributed by atoms with Gasteiger partial charge >= 0.3 is 0 Å². The zero-order valence-electron chi connectivity index (χ0n) is 11.3. The van der Waals surface area contributed by atoms with Crippen LogP contribution in [0.25, 0.3) is 0 Å². The van der Waals surface area contributed by atoms with Crippen molar-refractivity contribution in [1.82, 2.24) is 5.32 Å². The molecule has 19 heavy (non-hydrogen) atoms. The highest BCUT2D eigenvalue weighted by atomic mass is 35.5. The molecule has 0 unspecified atom stereocenters. The van der Waals surface area contributed by atoms with Gasteiger partial charge in [-0.2, -0.15) is 0 Å². The molecule has 0 saturated heterocycles. The van der Waals surface area contributed by atoms with Crippen molar-refractivity contribution in [3.63, 3.8) is 0 Å². The van der Waals surface area contributed by atoms with Crippen LogP contribution in [0.5, 0.6) is 0 Å². The van der Waals surface area contributed by atoms with Crippen molar-refractivity contribution in [2.24, 2.45) is 5.73 Å². The summed E-state index contributed by atoms with van der Waals surface area (Å²) in [5, 5.41) is 3.72. The van der Waals surface area contributed by atoms with Crippen LogP contribution in [0.2, 0.25) is 5.02 Å². The van der Waals surface area contributed by atoms with Crippen LogP contribution in [0.3, 0.4) is 0 Å². The average Bonchev–Trinajstić information content (AvgIpc) is 2.40. The third kappa shape index (κ3) is 3.48. The predicted molar refractivity (Wildman–Crippen MR) is 78.0 cm³/mol. The molecule has 0 radical (unpaired) electrons. The van der Waals surface area contributed by atoms with E-state index in [2.05, 4.69) is 5.32 Å². The Bertz CT molecular complexity index is 438. The molecular weight excluding hydrogens is 260 g/mol. The fraction of sp³-hybridized carbons (Fsp3) is 0.533. The largest absolute Gasteiger partial charge is 0.348 e. The third-order valence-corrected chi connectivity index (χ3v) is 4.17. The van der Waals surface area contributed by atoms with E-state index in [1.807, 2.05) is 31.2 Å². The molecule has 1 aliphatic rings. The van der Waals surface area contributed by atoms with E-state index >= 15 is 0 Å². The van der Waals surface area contributed by atoms with Crippen LogP contribution in [0.1, 0.15) is 50.6 Å². The van der Waals surface area contributed by atoms with E-state index < -0.39 is 5.54 Å². The zero-order valence-corrected chi connectivity index (χ0v) is 12.0. The van der Waals surface area contributed by atoms with Gasteiger partial charge in [0, 0.05) is 5.02 Å². The molecule has 3 N–H and O–H groups in total. The van der Waals surface area contributed by atoms with Crippen molar-refractivity contribution < 1.29 is 4.79 Å². The lowest BCUT2D eigenvalue weighted by molar-refractivity contribution is -0.128. The standard InChI is InChI=1S/C15H21ClN2O/c1-11(12-5-7-13(16)8-6-12)18-14(19)15(17)9-3-2-4-10-15/h5-8,11H,2-4,9-10,17H2,1H3,(H,18,19)/t11-/m0/s1. The van der Waals surface area contributed by atoms with E-state index in [-0.39, 0.29) is 11.9 Å². The minimum absolute atomic E-state index is 0.0327. The molecule has 0 heterocycles. The Hall–Kier alpha value is -1.06. The van der Waals surface area contributed by atoms with Crippen molar-refractivity contribution in [1.29, 1.82) is 0 Å². The summed E-state index contributed by atoms with van der Waals surface area (Å²) >= 11 is 5.86. The lowest BCUT2D eigenvalue weighted by Crippen LogP contribution is -2.55. The number of carbonyl (C=O) groups is 1. The van der Waals surface area contributed by atoms with E-state index in [4.69, 9.17) is 17.3 Å². The lowest BCUT2D eigenvalue weighted by atomic mass is 9.81. The molecule has 104 valence electrons. The SMILES string of the molecule is C[C@H](NC(=O)C1(N)CCCCC1)c1ccc(Cl)cc1. The van der Waals surface area contributed by atoms with E-state index in [1.54, 1.807) is 0 Å². The molecular formula is C15H21ClN2O. The van der Waals surface area contributed by atoms with E-state index in [0.29, 0.717) is 5.02 Å². The minimum Gasteiger partial charge on any atom is -0.348 e. The molecule has 2 rings (SSSR count). The quantitative estimate of drug-likeness (QED) is 0.893. The lowest BCUT2D eigenvalue weighted by Gasteiger charge is -2.33. The van der Waals surface area contributed by atoms with Crippen LogP contribution in [0.4, 0.5) is 0 Å². The number of carbonyl (C=O) groups excluding carboxylic acids is 1. The number of nitrogens with one attached hydrogen (secondary N) is 1. The van der Waals surface area contributed by atoms with Gasteiger partial charge in [0.25, 0.3) is 0 Å². The van der Waals surface area contributed by atoms with Crippen LogP contribution in [-0.4, -0.2) is 11.4 Å². The summed E-state index contributed by atoms with van der Waals surface area (Å²) in [4.78, 5) is 12.3. The Morgan fingerprint density at radius 3 is 2.42 bits per heavy atom. The highest BCUT2D eigenvalue weighted by molar-refractivity contribution is 6.30. The second-order valence-corrected chi connectivity index (χ2v) is 5.90. The maximum Gasteiger partial charge on any atom is 0.240 e. The van der Waals surface area contributed by atoms with Gasteiger partial charge in [0.2, 0.25) is 5.91 Å². The monoisotopic (exact) mass is 280 g/mol. The Morgan fingerprint density at radius 2 is 1.84 bits per heavy atom. The molecule has 3 nitrogen and oxygen atoms in total. The number of halogens is 1. The molecule has 1 atom stereocenters. The maximum absolute atomic E-state index is 12.3. The van der Waals surface area contributed by atoms with Crippen molar-refractivity contribution in [3.05, 3.63) is 34.9 Å². The van der Waals surface area contributed by atoms with Crippen LogP contribution >= 0.6 is 11.6 Å². The van der Waals surface area contributed by atoms with Crippen LogP contribution in [0, 0.1) is 0 Å². The number of amides is 1. The van der Waals surface area contributed by atoms with E-state index in [1.165, 1.54) is 6.42 Å². The molecule has 1 aliphatic carbocycles. The highest BCUT2D eigenvalue weighted by Gasteiger charge is 2.35. The van der Waals surface area contributed by atoms with Crippen molar-refractivity contribution in [2.45, 2.75) is 50.6 Å². The number of benzene rings is 1. The molecule has 4 heteroatoms. The van der Waals surface area contributed by atoms with Crippen LogP contribution in [-0.2, 0) is 4.79 Å². The first-order valence-electron chi connectivity index (χ1n) is 6.86. The van der Waals surface area contributed by atoms with Gasteiger partial charge in [-0.3, -0.25) is 4.79 Å². The number of rotatable bonds is 3. The Morgan fingerprint density at radius 1 is 1.26 bits per heavy atom. The first-order valence-corrected chi connectivity index (χ1v) is 7.24. The zero-order chi connectivity index (χ0) is 13.9. The minimum atomic E-state index is -0.682. The molecule has 0 aliphatic heterocycles. The van der Waals surface area contributed by atoms with Crippen LogP contribution in [0.15, 0.2) is 24.3 Å². The van der Waals surface area contributed by atoms with Crippen molar-refractivity contribution in [3.8, 4) is 0 Å². The van der Waals surface area contributed by atoms with Gasteiger partial charge in [0.15, 0.2) is 0 Å². The molecule has 1 fully saturated rings. The smallest absolute Gasteiger partial charge is 0.240 e. The van der Waals surface area contributed by atoms with Gasteiger partial charge in [-0.1, -0.05) is 43.0 Å². The fourth-order valence-corrected chi connectivity index (χ4v) is 2.71. The molecule has 1 aromatic carbocycles. The normalized spacial score (nSPS) is 19.7. The maximum atomic E-state index is 12.3. The Balaban J connectivity index is 2.00. The highest BCUT2D eigenvalue weighted by Crippen LogP contribution is 2.27. The number of hydrogen-bond acceptors (Lipinski definition) is 2. The van der Waals surface area contributed by atoms with Crippen LogP contribution < -0.4 is 11.1 Å². The van der Waals surface area contributed by atoms with Gasteiger partial charge in [-0.05, 0) is 37.5 Å². The summed E-state index contributed by atoms with van der Waals surface area (Å²) in [6.07, 6.45) is 4.83. The van der Waals surface area contributed by atoms with Crippen molar-refractivity contribution >= 4 is 17.5 Å². The van der Waals surface area contributed by atoms with E-state index in [0.717, 1.165) is 31.2 Å². The van der Waals surface area contributed by atoms with E-state index in [9.17, 15) is 4.79 Å². The molecule has 0 spiro atoms. The van der Waals surface area contributed by atoms with Gasteiger partial charge in [0.1, 0.15) is 0 Å². The summed E-state index contributed by atoms with van der Waals surface area (Å²) in [6, 6.07) is 7.47. The summed E-state index contributed by atoms with van der Waals surface area (Å²) in [5.41, 5.74) is 6.58. The molecule has 1 saturated carbocycles. The van der Waals surface area contributed by atoms with Gasteiger partial charge in [0.05, 0.1) is 11.6 Å².